The average Bonchev–Trinajstić information content (AvgIpc) is 2.89. The highest BCUT2D eigenvalue weighted by Crippen LogP contribution is 2.58. The molecular formula is C22H28O6. The molecule has 0 amide bonds. The van der Waals surface area contributed by atoms with Crippen molar-refractivity contribution in [2.45, 2.75) is 65.3 Å². The Morgan fingerprint density at radius 2 is 1.93 bits per heavy atom. The Hall–Kier alpha value is -2.37. The summed E-state index contributed by atoms with van der Waals surface area (Å²) >= 11 is 0. The highest BCUT2D eigenvalue weighted by molar-refractivity contribution is 5.92. The van der Waals surface area contributed by atoms with Gasteiger partial charge in [-0.25, -0.2) is 9.59 Å². The van der Waals surface area contributed by atoms with Crippen molar-refractivity contribution < 1.29 is 28.6 Å². The monoisotopic (exact) mass is 388 g/mol. The fourth-order valence-corrected chi connectivity index (χ4v) is 5.07. The second kappa shape index (κ2) is 7.22. The van der Waals surface area contributed by atoms with E-state index in [0.29, 0.717) is 30.4 Å². The smallest absolute Gasteiger partial charge is 0.334 e. The summed E-state index contributed by atoms with van der Waals surface area (Å²) in [5.74, 6) is -1.94. The molecule has 0 aromatic carbocycles. The van der Waals surface area contributed by atoms with Crippen LogP contribution in [0.3, 0.4) is 0 Å². The molecule has 6 atom stereocenters. The van der Waals surface area contributed by atoms with Crippen LogP contribution in [0.2, 0.25) is 0 Å². The maximum atomic E-state index is 12.6. The van der Waals surface area contributed by atoms with Gasteiger partial charge in [-0.2, -0.15) is 0 Å². The predicted octanol–water partition coefficient (Wildman–Crippen LogP) is 3.27. The first-order chi connectivity index (χ1) is 13.1. The molecule has 3 aliphatic rings. The average molecular weight is 388 g/mol. The number of carbonyl (C=O) groups excluding carboxylic acids is 3. The zero-order valence-electron chi connectivity index (χ0n) is 16.9. The Morgan fingerprint density at radius 1 is 1.25 bits per heavy atom. The van der Waals surface area contributed by atoms with Crippen molar-refractivity contribution in [2.24, 2.45) is 17.3 Å². The van der Waals surface area contributed by atoms with E-state index in [1.165, 1.54) is 6.92 Å². The van der Waals surface area contributed by atoms with Crippen LogP contribution < -0.4 is 0 Å². The minimum atomic E-state index is -0.643. The van der Waals surface area contributed by atoms with E-state index in [2.05, 4.69) is 13.2 Å². The summed E-state index contributed by atoms with van der Waals surface area (Å²) in [4.78, 5) is 36.5. The van der Waals surface area contributed by atoms with E-state index in [4.69, 9.17) is 14.2 Å². The van der Waals surface area contributed by atoms with E-state index in [-0.39, 0.29) is 18.0 Å². The summed E-state index contributed by atoms with van der Waals surface area (Å²) in [5.41, 5.74) is 1.19. The van der Waals surface area contributed by atoms with Crippen molar-refractivity contribution in [3.05, 3.63) is 36.0 Å². The van der Waals surface area contributed by atoms with Gasteiger partial charge in [-0.3, -0.25) is 4.79 Å². The molecule has 6 nitrogen and oxygen atoms in total. The van der Waals surface area contributed by atoms with Gasteiger partial charge < -0.3 is 14.2 Å². The number of esters is 3. The van der Waals surface area contributed by atoms with Crippen molar-refractivity contribution in [1.82, 2.24) is 0 Å². The topological polar surface area (TPSA) is 78.9 Å². The quantitative estimate of drug-likeness (QED) is 0.320. The van der Waals surface area contributed by atoms with Crippen LogP contribution in [-0.4, -0.2) is 36.2 Å². The second-order valence-corrected chi connectivity index (χ2v) is 8.32. The van der Waals surface area contributed by atoms with Gasteiger partial charge in [0, 0.05) is 29.4 Å². The number of hydrogen-bond donors (Lipinski definition) is 0. The van der Waals surface area contributed by atoms with E-state index in [9.17, 15) is 14.4 Å². The molecule has 0 spiro atoms. The third-order valence-electron chi connectivity index (χ3n) is 6.57. The van der Waals surface area contributed by atoms with Crippen LogP contribution in [0.1, 0.15) is 47.0 Å². The van der Waals surface area contributed by atoms with Gasteiger partial charge in [-0.1, -0.05) is 31.7 Å². The van der Waals surface area contributed by atoms with Crippen molar-refractivity contribution in [1.29, 1.82) is 0 Å². The SMILES string of the molecule is C=C1C(=O)O[C@H]2C[C@@]3(C)[C@H](OC(C)=O)CCC(=C)[C@H]3[C@@H](OC(=O)/C(C)=C/C)[C@H]12. The van der Waals surface area contributed by atoms with E-state index >= 15 is 0 Å². The number of hydrogen-bond acceptors (Lipinski definition) is 6. The summed E-state index contributed by atoms with van der Waals surface area (Å²) in [5, 5.41) is 0. The summed E-state index contributed by atoms with van der Waals surface area (Å²) in [7, 11) is 0. The third kappa shape index (κ3) is 3.19. The minimum Gasteiger partial charge on any atom is -0.462 e. The zero-order valence-corrected chi connectivity index (χ0v) is 16.9. The Balaban J connectivity index is 2.05. The molecule has 6 heteroatoms. The van der Waals surface area contributed by atoms with Crippen LogP contribution in [0.15, 0.2) is 36.0 Å². The van der Waals surface area contributed by atoms with Crippen molar-refractivity contribution in [2.75, 3.05) is 0 Å². The van der Waals surface area contributed by atoms with Crippen LogP contribution in [0, 0.1) is 17.3 Å². The maximum absolute atomic E-state index is 12.6. The van der Waals surface area contributed by atoms with Crippen LogP contribution >= 0.6 is 0 Å². The van der Waals surface area contributed by atoms with Crippen molar-refractivity contribution >= 4 is 17.9 Å². The van der Waals surface area contributed by atoms with Gasteiger partial charge in [0.25, 0.3) is 0 Å². The molecule has 0 aromatic rings. The van der Waals surface area contributed by atoms with Gasteiger partial charge >= 0.3 is 17.9 Å². The van der Waals surface area contributed by atoms with E-state index in [0.717, 1.165) is 5.57 Å². The molecular weight excluding hydrogens is 360 g/mol. The molecule has 0 radical (unpaired) electrons. The van der Waals surface area contributed by atoms with E-state index < -0.39 is 35.5 Å². The van der Waals surface area contributed by atoms with Crippen LogP contribution in [-0.2, 0) is 28.6 Å². The summed E-state index contributed by atoms with van der Waals surface area (Å²) in [6.45, 7) is 15.0. The normalized spacial score (nSPS) is 37.6. The van der Waals surface area contributed by atoms with Crippen molar-refractivity contribution in [3.63, 3.8) is 0 Å². The predicted molar refractivity (Wildman–Crippen MR) is 102 cm³/mol. The number of rotatable bonds is 3. The highest BCUT2D eigenvalue weighted by Gasteiger charge is 2.63. The lowest BCUT2D eigenvalue weighted by Gasteiger charge is -2.55. The molecule has 0 aromatic heterocycles. The van der Waals surface area contributed by atoms with Crippen molar-refractivity contribution in [3.8, 4) is 0 Å². The Morgan fingerprint density at radius 3 is 2.54 bits per heavy atom. The van der Waals surface area contributed by atoms with Gasteiger partial charge in [0.1, 0.15) is 18.3 Å². The molecule has 3 fully saturated rings. The van der Waals surface area contributed by atoms with Crippen LogP contribution in [0.25, 0.3) is 0 Å². The molecule has 28 heavy (non-hydrogen) atoms. The molecule has 0 bridgehead atoms. The number of carbonyl (C=O) groups is 3. The molecule has 1 heterocycles. The Labute approximate surface area is 165 Å². The van der Waals surface area contributed by atoms with Gasteiger partial charge in [-0.15, -0.1) is 0 Å². The van der Waals surface area contributed by atoms with Crippen LogP contribution in [0.4, 0.5) is 0 Å². The largest absolute Gasteiger partial charge is 0.462 e. The Kier molecular flexibility index (Phi) is 5.26. The molecule has 152 valence electrons. The van der Waals surface area contributed by atoms with Gasteiger partial charge in [0.15, 0.2) is 0 Å². The summed E-state index contributed by atoms with van der Waals surface area (Å²) in [6.07, 6.45) is 2.02. The maximum Gasteiger partial charge on any atom is 0.334 e. The fraction of sp³-hybridized carbons (Fsp3) is 0.591. The minimum absolute atomic E-state index is 0.258. The first-order valence-corrected chi connectivity index (χ1v) is 9.68. The molecule has 0 N–H and O–H groups in total. The second-order valence-electron chi connectivity index (χ2n) is 8.32. The third-order valence-corrected chi connectivity index (χ3v) is 6.57. The molecule has 1 aliphatic heterocycles. The first-order valence-electron chi connectivity index (χ1n) is 9.68. The molecule has 2 saturated carbocycles. The first kappa shape index (κ1) is 20.4. The lowest BCUT2D eigenvalue weighted by atomic mass is 9.53. The molecule has 2 aliphatic carbocycles. The molecule has 0 unspecified atom stereocenters. The molecule has 1 saturated heterocycles. The Bertz CT molecular complexity index is 778. The summed E-state index contributed by atoms with van der Waals surface area (Å²) < 4.78 is 17.1. The zero-order chi connectivity index (χ0) is 20.8. The fourth-order valence-electron chi connectivity index (χ4n) is 5.07. The highest BCUT2D eigenvalue weighted by atomic mass is 16.6. The molecule has 3 rings (SSSR count). The van der Waals surface area contributed by atoms with E-state index in [1.54, 1.807) is 19.9 Å². The lowest BCUT2D eigenvalue weighted by molar-refractivity contribution is -0.189. The van der Waals surface area contributed by atoms with Crippen LogP contribution in [0.5, 0.6) is 0 Å². The van der Waals surface area contributed by atoms with Gasteiger partial charge in [0.2, 0.25) is 0 Å². The number of allylic oxidation sites excluding steroid dienone is 1. The standard InChI is InChI=1S/C22H28O6/c1-7-11(2)20(24)28-19-17-13(4)21(25)27-15(17)10-22(6)16(26-14(5)23)9-8-12(3)18(19)22/h7,15-19H,3-4,8-10H2,1-2,5-6H3/b11-7+/t15-,16+,17+,18-,19-,22-/m0/s1. The summed E-state index contributed by atoms with van der Waals surface area (Å²) in [6, 6.07) is 0. The number of ether oxygens (including phenoxy) is 3. The van der Waals surface area contributed by atoms with Gasteiger partial charge in [-0.05, 0) is 33.1 Å². The van der Waals surface area contributed by atoms with E-state index in [1.807, 2.05) is 6.92 Å². The van der Waals surface area contributed by atoms with Gasteiger partial charge in [0.05, 0.1) is 5.92 Å². The number of fused-ring (bicyclic) bond motifs is 2. The lowest BCUT2D eigenvalue weighted by Crippen LogP contribution is -2.59.